The van der Waals surface area contributed by atoms with Crippen LogP contribution in [0.2, 0.25) is 0 Å². The Morgan fingerprint density at radius 3 is 2.39 bits per heavy atom. The lowest BCUT2D eigenvalue weighted by Crippen LogP contribution is -2.38. The minimum absolute atomic E-state index is 0.134. The number of carboxylic acids is 1. The Morgan fingerprint density at radius 1 is 1.28 bits per heavy atom. The highest BCUT2D eigenvalue weighted by atomic mass is 16.4. The van der Waals surface area contributed by atoms with E-state index < -0.39 is 5.97 Å². The quantitative estimate of drug-likeness (QED) is 0.840. The van der Waals surface area contributed by atoms with E-state index in [0.717, 1.165) is 12.0 Å². The summed E-state index contributed by atoms with van der Waals surface area (Å²) in [6, 6.07) is 9.41. The summed E-state index contributed by atoms with van der Waals surface area (Å²) in [4.78, 5) is 24.4. The molecule has 0 heterocycles. The molecule has 0 aliphatic rings. The van der Waals surface area contributed by atoms with Crippen molar-refractivity contribution in [2.45, 2.75) is 26.2 Å². The maximum Gasteiger partial charge on any atom is 0.323 e. The fourth-order valence-corrected chi connectivity index (χ4v) is 1.86. The first kappa shape index (κ1) is 14.2. The number of hydrogen-bond donors (Lipinski definition) is 1. The molecule has 0 aliphatic carbocycles. The third kappa shape index (κ3) is 3.87. The van der Waals surface area contributed by atoms with Crippen LogP contribution in [0.5, 0.6) is 0 Å². The van der Waals surface area contributed by atoms with Crippen molar-refractivity contribution in [2.24, 2.45) is 0 Å². The van der Waals surface area contributed by atoms with Gasteiger partial charge in [0.05, 0.1) is 5.92 Å². The summed E-state index contributed by atoms with van der Waals surface area (Å²) in [5.74, 6) is -1.42. The standard InChI is InChI=1S/C14H19NO3/c1-3-9-15(10-13(16)17)14(18)11(2)12-7-5-4-6-8-12/h4-8,11H,3,9-10H2,1-2H3,(H,16,17). The molecule has 98 valence electrons. The fraction of sp³-hybridized carbons (Fsp3) is 0.429. The maximum atomic E-state index is 12.2. The molecule has 4 nitrogen and oxygen atoms in total. The summed E-state index contributed by atoms with van der Waals surface area (Å²) in [5.41, 5.74) is 0.911. The van der Waals surface area contributed by atoms with Gasteiger partial charge in [0.25, 0.3) is 0 Å². The van der Waals surface area contributed by atoms with Crippen molar-refractivity contribution in [1.82, 2.24) is 4.90 Å². The third-order valence-corrected chi connectivity index (χ3v) is 2.80. The van der Waals surface area contributed by atoms with Crippen LogP contribution in [0, 0.1) is 0 Å². The molecule has 0 radical (unpaired) electrons. The van der Waals surface area contributed by atoms with Crippen molar-refractivity contribution >= 4 is 11.9 Å². The molecule has 0 spiro atoms. The van der Waals surface area contributed by atoms with Crippen LogP contribution in [0.15, 0.2) is 30.3 Å². The second-order valence-corrected chi connectivity index (χ2v) is 4.29. The van der Waals surface area contributed by atoms with E-state index in [1.165, 1.54) is 4.90 Å². The summed E-state index contributed by atoms with van der Waals surface area (Å²) >= 11 is 0. The highest BCUT2D eigenvalue weighted by Crippen LogP contribution is 2.17. The molecular weight excluding hydrogens is 230 g/mol. The zero-order valence-electron chi connectivity index (χ0n) is 10.8. The average molecular weight is 249 g/mol. The SMILES string of the molecule is CCCN(CC(=O)O)C(=O)C(C)c1ccccc1. The summed E-state index contributed by atoms with van der Waals surface area (Å²) in [7, 11) is 0. The van der Waals surface area contributed by atoms with Crippen LogP contribution < -0.4 is 0 Å². The van der Waals surface area contributed by atoms with E-state index in [1.807, 2.05) is 44.2 Å². The number of benzene rings is 1. The smallest absolute Gasteiger partial charge is 0.323 e. The average Bonchev–Trinajstić information content (AvgIpc) is 2.37. The molecule has 0 saturated heterocycles. The molecule has 1 unspecified atom stereocenters. The second-order valence-electron chi connectivity index (χ2n) is 4.29. The van der Waals surface area contributed by atoms with E-state index in [1.54, 1.807) is 0 Å². The number of amides is 1. The minimum Gasteiger partial charge on any atom is -0.480 e. The van der Waals surface area contributed by atoms with E-state index in [0.29, 0.717) is 6.54 Å². The van der Waals surface area contributed by atoms with E-state index in [-0.39, 0.29) is 18.4 Å². The molecule has 1 aromatic carbocycles. The van der Waals surface area contributed by atoms with Crippen molar-refractivity contribution in [3.05, 3.63) is 35.9 Å². The predicted octanol–water partition coefficient (Wildman–Crippen LogP) is 2.11. The number of carboxylic acid groups (broad SMARTS) is 1. The Balaban J connectivity index is 2.79. The van der Waals surface area contributed by atoms with Gasteiger partial charge >= 0.3 is 5.97 Å². The zero-order chi connectivity index (χ0) is 13.5. The number of carbonyl (C=O) groups excluding carboxylic acids is 1. The lowest BCUT2D eigenvalue weighted by molar-refractivity contribution is -0.145. The number of carbonyl (C=O) groups is 2. The molecule has 0 aliphatic heterocycles. The van der Waals surface area contributed by atoms with Crippen LogP contribution in [0.4, 0.5) is 0 Å². The number of nitrogens with zero attached hydrogens (tertiary/aromatic N) is 1. The van der Waals surface area contributed by atoms with Gasteiger partial charge in [0.15, 0.2) is 0 Å². The lowest BCUT2D eigenvalue weighted by Gasteiger charge is -2.23. The molecule has 0 saturated carbocycles. The molecule has 1 rings (SSSR count). The molecule has 1 aromatic rings. The van der Waals surface area contributed by atoms with Gasteiger partial charge in [-0.3, -0.25) is 9.59 Å². The highest BCUT2D eigenvalue weighted by molar-refractivity contribution is 5.86. The molecule has 4 heteroatoms. The van der Waals surface area contributed by atoms with Crippen molar-refractivity contribution in [3.63, 3.8) is 0 Å². The highest BCUT2D eigenvalue weighted by Gasteiger charge is 2.22. The largest absolute Gasteiger partial charge is 0.480 e. The van der Waals surface area contributed by atoms with Crippen molar-refractivity contribution < 1.29 is 14.7 Å². The minimum atomic E-state index is -0.975. The zero-order valence-corrected chi connectivity index (χ0v) is 10.8. The fourth-order valence-electron chi connectivity index (χ4n) is 1.86. The van der Waals surface area contributed by atoms with Crippen LogP contribution >= 0.6 is 0 Å². The van der Waals surface area contributed by atoms with Gasteiger partial charge in [-0.1, -0.05) is 37.3 Å². The summed E-state index contributed by atoms with van der Waals surface area (Å²) in [5, 5.41) is 8.82. The molecule has 0 aromatic heterocycles. The van der Waals surface area contributed by atoms with E-state index in [9.17, 15) is 9.59 Å². The van der Waals surface area contributed by atoms with Crippen LogP contribution in [0.25, 0.3) is 0 Å². The van der Waals surface area contributed by atoms with E-state index in [2.05, 4.69) is 0 Å². The molecule has 1 N–H and O–H groups in total. The second kappa shape index (κ2) is 6.79. The van der Waals surface area contributed by atoms with Gasteiger partial charge in [0.2, 0.25) is 5.91 Å². The monoisotopic (exact) mass is 249 g/mol. The molecule has 18 heavy (non-hydrogen) atoms. The Labute approximate surface area is 107 Å². The topological polar surface area (TPSA) is 57.6 Å². The molecule has 0 fully saturated rings. The molecule has 1 atom stereocenters. The first-order valence-corrected chi connectivity index (χ1v) is 6.11. The lowest BCUT2D eigenvalue weighted by atomic mass is 10.00. The first-order chi connectivity index (χ1) is 8.56. The van der Waals surface area contributed by atoms with E-state index in [4.69, 9.17) is 5.11 Å². The predicted molar refractivity (Wildman–Crippen MR) is 69.4 cm³/mol. The molecule has 0 bridgehead atoms. The van der Waals surface area contributed by atoms with Gasteiger partial charge in [0, 0.05) is 6.54 Å². The van der Waals surface area contributed by atoms with Gasteiger partial charge in [-0.2, -0.15) is 0 Å². The Bertz CT molecular complexity index is 403. The van der Waals surface area contributed by atoms with Crippen molar-refractivity contribution in [3.8, 4) is 0 Å². The molecular formula is C14H19NO3. The van der Waals surface area contributed by atoms with Crippen LogP contribution in [-0.4, -0.2) is 35.0 Å². The van der Waals surface area contributed by atoms with Crippen LogP contribution in [-0.2, 0) is 9.59 Å². The summed E-state index contributed by atoms with van der Waals surface area (Å²) in [6.45, 7) is 3.98. The van der Waals surface area contributed by atoms with Gasteiger partial charge in [-0.05, 0) is 18.9 Å². The van der Waals surface area contributed by atoms with E-state index >= 15 is 0 Å². The Morgan fingerprint density at radius 2 is 1.89 bits per heavy atom. The van der Waals surface area contributed by atoms with Crippen molar-refractivity contribution in [2.75, 3.05) is 13.1 Å². The van der Waals surface area contributed by atoms with Gasteiger partial charge < -0.3 is 10.0 Å². The normalized spacial score (nSPS) is 11.9. The maximum absolute atomic E-state index is 12.2. The van der Waals surface area contributed by atoms with Gasteiger partial charge in [0.1, 0.15) is 6.54 Å². The number of rotatable bonds is 6. The number of aliphatic carboxylic acids is 1. The van der Waals surface area contributed by atoms with Gasteiger partial charge in [-0.15, -0.1) is 0 Å². The summed E-state index contributed by atoms with van der Waals surface area (Å²) < 4.78 is 0. The van der Waals surface area contributed by atoms with Crippen LogP contribution in [0.1, 0.15) is 31.7 Å². The van der Waals surface area contributed by atoms with Gasteiger partial charge in [-0.25, -0.2) is 0 Å². The number of hydrogen-bond acceptors (Lipinski definition) is 2. The third-order valence-electron chi connectivity index (χ3n) is 2.80. The first-order valence-electron chi connectivity index (χ1n) is 6.11. The Kier molecular flexibility index (Phi) is 5.36. The van der Waals surface area contributed by atoms with Crippen LogP contribution in [0.3, 0.4) is 0 Å². The molecule has 1 amide bonds. The Hall–Kier alpha value is -1.84. The van der Waals surface area contributed by atoms with Crippen molar-refractivity contribution in [1.29, 1.82) is 0 Å². The summed E-state index contributed by atoms with van der Waals surface area (Å²) in [6.07, 6.45) is 0.751.